The van der Waals surface area contributed by atoms with Crippen molar-refractivity contribution in [2.24, 2.45) is 41.2 Å². The van der Waals surface area contributed by atoms with Crippen LogP contribution in [0.5, 0.6) is 5.75 Å². The Hall–Kier alpha value is -14.2. The molecular weight excluding hydrogens is 2010 g/mol. The van der Waals surface area contributed by atoms with Gasteiger partial charge < -0.3 is 90.1 Å². The van der Waals surface area contributed by atoms with Crippen molar-refractivity contribution in [3.63, 3.8) is 0 Å². The molecule has 144 heavy (non-hydrogen) atoms. The molecule has 16 rings (SSSR count). The van der Waals surface area contributed by atoms with Crippen LogP contribution in [0.25, 0.3) is 54.5 Å². The molecule has 12 N–H and O–H groups in total. The van der Waals surface area contributed by atoms with Gasteiger partial charge in [-0.15, -0.1) is 0 Å². The minimum Gasteiger partial charge on any atom is -0.482 e. The maximum absolute atomic E-state index is 13.6. The van der Waals surface area contributed by atoms with E-state index in [2.05, 4.69) is 26.6 Å². The average Bonchev–Trinajstić information content (AvgIpc) is 1.62. The highest BCUT2D eigenvalue weighted by Crippen LogP contribution is 2.44. The van der Waals surface area contributed by atoms with Gasteiger partial charge in [-0.05, 0) is 207 Å². The SMILES string of the molecule is CC(=O)c1ccc(C(NC(=O)c2cc3c(Cl)c(Cl)ccc3n2C)C2CC2)cc1.CCCNC(=O)COc1cc2c(cc(C(=O)N[C@H](CO)c3ccc(C(=O)O)cc3)n2C)c(Cl)c1Cl.Cc1ccc2c(cc(C(=O)NC(c3ccc(C(=O)O)cc3)C(F)(F)F)n2C)c1Cl.Cc1ccc2c(cc(C(=O)NCc3ccc(C(=O)O)cc3)n2C)c1Cl.Cc1ccc2c(cc(C(=O)N[C@H](CO)c3ccc(C(=O)O)cc3)n2C)c1Cl. The highest BCUT2D eigenvalue weighted by atomic mass is 35.5. The minimum atomic E-state index is -4.78. The molecule has 1 saturated carbocycles. The number of aryl methyl sites for hydroxylation is 8. The standard InChI is InChI=1S/C24H25Cl2N3O6.C22H20Cl2N2O2.C20H16ClF3N2O3.C20H19ClN2O4.C19H17ClN2O3/c1-3-8-27-20(31)12-35-19-10-17-15(21(25)22(19)26)9-18(29(17)2)23(32)28-16(11-30)13-4-6-14(7-5-13)24(33)34;1-12(27)13-3-5-14(6-4-13)21(15-7-8-15)25-22(28)19-11-16-18(26(19)2)10-9-17(23)20(16)24;1-10-3-8-14-13(16(10)21)9-15(26(14)2)18(27)25-17(20(22,23)24)11-4-6-12(7-5-11)19(28)29;1-11-3-8-16-14(18(11)21)9-17(23(16)2)19(25)22-15(10-24)12-4-6-13(7-5-12)20(26)27;1-11-3-8-15-14(17(11)20)9-16(22(15)2)18(23)21-10-12-4-6-13(7-5-12)19(24)25/h4-7,9-10,16,30H,3,8,11-12H2,1-2H3,(H,27,31)(H,28,32)(H,33,34);3-6,9-11,15,21H,7-8H2,1-2H3,(H,25,28);3-9,17H,1-2H3,(H,25,27)(H,28,29);3-9,15,24H,10H2,1-2H3,(H,22,25)(H,26,27);3-9H,10H2,1-2H3,(H,21,23)(H,24,25)/t16-;;;15-;/m1..1./s1. The topological polar surface area (TPSA) is 415 Å². The maximum atomic E-state index is 13.6. The fourth-order valence-corrected chi connectivity index (χ4v) is 17.4. The molecule has 15 aromatic rings. The number of alkyl halides is 3. The fourth-order valence-electron chi connectivity index (χ4n) is 15.9. The number of nitrogens with zero attached hydrogens (tertiary/aromatic N) is 5. The molecule has 1 aliphatic rings. The van der Waals surface area contributed by atoms with Gasteiger partial charge in [-0.3, -0.25) is 33.6 Å². The van der Waals surface area contributed by atoms with E-state index in [1.807, 2.05) is 104 Å². The number of carbonyl (C=O) groups excluding carboxylic acids is 7. The van der Waals surface area contributed by atoms with Crippen molar-refractivity contribution in [1.29, 1.82) is 0 Å². The van der Waals surface area contributed by atoms with Crippen LogP contribution in [0.15, 0.2) is 206 Å². The second kappa shape index (κ2) is 46.9. The lowest BCUT2D eigenvalue weighted by atomic mass is 9.99. The quantitative estimate of drug-likeness (QED) is 0.0203. The summed E-state index contributed by atoms with van der Waals surface area (Å²) in [5.41, 5.74) is 11.8. The van der Waals surface area contributed by atoms with Crippen LogP contribution < -0.4 is 36.6 Å². The van der Waals surface area contributed by atoms with Gasteiger partial charge in [0.1, 0.15) is 39.2 Å². The Morgan fingerprint density at radius 1 is 0.389 bits per heavy atom. The number of amides is 6. The van der Waals surface area contributed by atoms with E-state index >= 15 is 0 Å². The van der Waals surface area contributed by atoms with E-state index in [0.29, 0.717) is 99.7 Å². The first-order valence-electron chi connectivity index (χ1n) is 44.5. The fraction of sp³-hybridized carbons (Fsp3) is 0.229. The Kier molecular flexibility index (Phi) is 35.4. The molecular formula is C105H97Cl7F3N11O18. The van der Waals surface area contributed by atoms with Gasteiger partial charge in [-0.25, -0.2) is 19.2 Å². The summed E-state index contributed by atoms with van der Waals surface area (Å²) in [7, 11) is 8.67. The number of hydrogen-bond acceptors (Lipinski definition) is 14. The van der Waals surface area contributed by atoms with Gasteiger partial charge in [0.2, 0.25) is 0 Å². The Labute approximate surface area is 857 Å². The number of halogens is 10. The lowest BCUT2D eigenvalue weighted by molar-refractivity contribution is -0.155. The normalized spacial score (nSPS) is 12.5. The Morgan fingerprint density at radius 3 is 1.09 bits per heavy atom. The summed E-state index contributed by atoms with van der Waals surface area (Å²) in [5, 5.41) is 77.9. The molecule has 5 aromatic heterocycles. The largest absolute Gasteiger partial charge is 0.482 e. The third-order valence-electron chi connectivity index (χ3n) is 24.4. The van der Waals surface area contributed by atoms with E-state index in [1.54, 1.807) is 117 Å². The number of hydrogen-bond donors (Lipinski definition) is 12. The third-order valence-corrected chi connectivity index (χ3v) is 27.5. The first-order chi connectivity index (χ1) is 68.2. The van der Waals surface area contributed by atoms with Crippen molar-refractivity contribution in [1.82, 2.24) is 54.7 Å². The van der Waals surface area contributed by atoms with Crippen molar-refractivity contribution in [3.05, 3.63) is 342 Å². The van der Waals surface area contributed by atoms with Crippen molar-refractivity contribution in [2.45, 2.75) is 90.8 Å². The summed E-state index contributed by atoms with van der Waals surface area (Å²) in [6.45, 7) is 8.99. The second-order valence-electron chi connectivity index (χ2n) is 34.0. The number of ketones is 1. The molecule has 29 nitrogen and oxygen atoms in total. The van der Waals surface area contributed by atoms with Gasteiger partial charge in [-0.2, -0.15) is 13.2 Å². The predicted molar refractivity (Wildman–Crippen MR) is 548 cm³/mol. The second-order valence-corrected chi connectivity index (χ2v) is 36.7. The predicted octanol–water partition coefficient (Wildman–Crippen LogP) is 21.1. The number of ether oxygens (including phenoxy) is 1. The lowest BCUT2D eigenvalue weighted by Gasteiger charge is -2.22. The van der Waals surface area contributed by atoms with Gasteiger partial charge in [-0.1, -0.05) is 179 Å². The number of Topliss-reactive ketones (excluding diaryl/α,β-unsaturated/α-hetero) is 1. The molecule has 39 heteroatoms. The summed E-state index contributed by atoms with van der Waals surface area (Å²) in [6, 6.07) is 50.8. The van der Waals surface area contributed by atoms with Gasteiger partial charge in [0.05, 0.1) is 89.2 Å². The summed E-state index contributed by atoms with van der Waals surface area (Å²) in [6.07, 6.45) is -1.83. The van der Waals surface area contributed by atoms with E-state index in [1.165, 1.54) is 59.2 Å². The molecule has 1 fully saturated rings. The highest BCUT2D eigenvalue weighted by molar-refractivity contribution is 6.47. The van der Waals surface area contributed by atoms with Gasteiger partial charge >= 0.3 is 30.1 Å². The monoisotopic (exact) mass is 2100 g/mol. The van der Waals surface area contributed by atoms with Crippen LogP contribution in [0, 0.1) is 26.7 Å². The molecule has 0 bridgehead atoms. The maximum Gasteiger partial charge on any atom is 0.412 e. The Bertz CT molecular complexity index is 7490. The summed E-state index contributed by atoms with van der Waals surface area (Å²) in [4.78, 5) is 131. The molecule has 4 atom stereocenters. The van der Waals surface area contributed by atoms with Crippen LogP contribution in [0.2, 0.25) is 35.2 Å². The lowest BCUT2D eigenvalue weighted by Crippen LogP contribution is -2.38. The summed E-state index contributed by atoms with van der Waals surface area (Å²) in [5.74, 6) is -6.12. The number of aromatic carboxylic acids is 4. The van der Waals surface area contributed by atoms with Crippen LogP contribution >= 0.6 is 81.2 Å². The van der Waals surface area contributed by atoms with E-state index in [0.717, 1.165) is 104 Å². The molecule has 2 unspecified atom stereocenters. The van der Waals surface area contributed by atoms with Crippen LogP contribution in [0.4, 0.5) is 13.2 Å². The van der Waals surface area contributed by atoms with Crippen LogP contribution in [-0.4, -0.2) is 151 Å². The number of carbonyl (C=O) groups is 11. The average molecular weight is 2110 g/mol. The number of aliphatic hydroxyl groups excluding tert-OH is 2. The Morgan fingerprint density at radius 2 is 0.722 bits per heavy atom. The first-order valence-corrected chi connectivity index (χ1v) is 47.2. The number of benzene rings is 10. The number of aromatic nitrogens is 5. The number of rotatable bonds is 28. The van der Waals surface area contributed by atoms with Crippen molar-refractivity contribution < 1.29 is 101 Å². The zero-order valence-electron chi connectivity index (χ0n) is 78.8. The molecule has 0 saturated heterocycles. The van der Waals surface area contributed by atoms with E-state index < -0.39 is 66.6 Å². The third kappa shape index (κ3) is 25.0. The molecule has 10 aromatic carbocycles. The van der Waals surface area contributed by atoms with Gasteiger partial charge in [0, 0.05) is 109 Å². The first kappa shape index (κ1) is 109. The van der Waals surface area contributed by atoms with Crippen LogP contribution in [0.3, 0.4) is 0 Å². The molecule has 0 spiro atoms. The molecule has 5 heterocycles. The van der Waals surface area contributed by atoms with Gasteiger partial charge in [0.15, 0.2) is 18.4 Å². The molecule has 750 valence electrons. The van der Waals surface area contributed by atoms with Crippen LogP contribution in [-0.2, 0) is 46.6 Å². The Balaban J connectivity index is 0.000000161. The van der Waals surface area contributed by atoms with E-state index in [-0.39, 0.29) is 104 Å². The molecule has 0 radical (unpaired) electrons. The van der Waals surface area contributed by atoms with Crippen molar-refractivity contribution in [3.8, 4) is 5.75 Å². The van der Waals surface area contributed by atoms with Crippen molar-refractivity contribution >= 4 is 201 Å². The number of aliphatic hydroxyl groups is 2. The molecule has 1 aliphatic carbocycles. The molecule has 0 aliphatic heterocycles. The zero-order valence-corrected chi connectivity index (χ0v) is 84.1. The summed E-state index contributed by atoms with van der Waals surface area (Å²) >= 11 is 44.2. The smallest absolute Gasteiger partial charge is 0.412 e. The molecule has 6 amide bonds. The van der Waals surface area contributed by atoms with Gasteiger partial charge in [0.25, 0.3) is 35.4 Å². The minimum absolute atomic E-state index is 0.0175. The van der Waals surface area contributed by atoms with Crippen molar-refractivity contribution in [2.75, 3.05) is 26.4 Å². The number of nitrogens with one attached hydrogen (secondary N) is 6. The number of carboxylic acid groups (broad SMARTS) is 4. The van der Waals surface area contributed by atoms with E-state index in [9.17, 15) is 76.1 Å². The zero-order chi connectivity index (χ0) is 105. The number of carboxylic acids is 4. The number of fused-ring (bicyclic) bond motifs is 5. The van der Waals surface area contributed by atoms with E-state index in [4.69, 9.17) is 106 Å². The summed E-state index contributed by atoms with van der Waals surface area (Å²) < 4.78 is 54.8. The highest BCUT2D eigenvalue weighted by Gasteiger charge is 2.43. The van der Waals surface area contributed by atoms with Crippen LogP contribution in [0.1, 0.15) is 206 Å².